The minimum Gasteiger partial charge on any atom is -0.314 e. The Hall–Kier alpha value is -0.760. The minimum absolute atomic E-state index is 0.378. The van der Waals surface area contributed by atoms with E-state index in [9.17, 15) is 17.6 Å². The maximum atomic E-state index is 12.9. The number of aromatic nitrogens is 2. The highest BCUT2D eigenvalue weighted by Crippen LogP contribution is 2.36. The van der Waals surface area contributed by atoms with Gasteiger partial charge >= 0.3 is 12.3 Å². The van der Waals surface area contributed by atoms with E-state index in [-0.39, 0.29) is 0 Å². The molecule has 2 rings (SSSR count). The Morgan fingerprint density at radius 3 is 2.67 bits per heavy atom. The Bertz CT molecular complexity index is 392. The maximum absolute atomic E-state index is 12.9. The van der Waals surface area contributed by atoms with Crippen molar-refractivity contribution in [1.29, 1.82) is 0 Å². The molecule has 0 amide bonds. The van der Waals surface area contributed by atoms with Gasteiger partial charge < -0.3 is 5.32 Å². The topological polar surface area (TPSA) is 37.8 Å². The SMILES string of the molecule is FC(F)C(F)(F)c1nnc(CCCNC2CC2)s1. The van der Waals surface area contributed by atoms with Crippen LogP contribution in [0.1, 0.15) is 29.3 Å². The van der Waals surface area contributed by atoms with E-state index in [0.29, 0.717) is 28.8 Å². The number of hydrogen-bond donors (Lipinski definition) is 1. The van der Waals surface area contributed by atoms with Crippen LogP contribution in [-0.4, -0.2) is 29.2 Å². The van der Waals surface area contributed by atoms with Gasteiger partial charge in [0.25, 0.3) is 0 Å². The molecule has 0 saturated heterocycles. The second-order valence-electron chi connectivity index (χ2n) is 4.26. The van der Waals surface area contributed by atoms with Crippen molar-refractivity contribution in [2.75, 3.05) is 6.54 Å². The number of hydrogen-bond acceptors (Lipinski definition) is 4. The number of nitrogens with zero attached hydrogens (tertiary/aromatic N) is 2. The average Bonchev–Trinajstić information content (AvgIpc) is 3.01. The summed E-state index contributed by atoms with van der Waals surface area (Å²) >= 11 is 0.563. The van der Waals surface area contributed by atoms with Gasteiger partial charge in [0.2, 0.25) is 0 Å². The van der Waals surface area contributed by atoms with E-state index in [0.717, 1.165) is 13.0 Å². The number of nitrogens with one attached hydrogen (secondary N) is 1. The van der Waals surface area contributed by atoms with Crippen LogP contribution in [0.5, 0.6) is 0 Å². The number of alkyl halides is 4. The molecule has 0 atom stereocenters. The van der Waals surface area contributed by atoms with Crippen LogP contribution in [0.15, 0.2) is 0 Å². The summed E-state index contributed by atoms with van der Waals surface area (Å²) in [7, 11) is 0. The predicted molar refractivity (Wildman–Crippen MR) is 59.2 cm³/mol. The van der Waals surface area contributed by atoms with Crippen molar-refractivity contribution in [2.24, 2.45) is 0 Å². The molecule has 1 fully saturated rings. The molecule has 3 nitrogen and oxygen atoms in total. The Morgan fingerprint density at radius 2 is 2.06 bits per heavy atom. The van der Waals surface area contributed by atoms with Crippen molar-refractivity contribution in [1.82, 2.24) is 15.5 Å². The lowest BCUT2D eigenvalue weighted by molar-refractivity contribution is -0.135. The van der Waals surface area contributed by atoms with Crippen LogP contribution < -0.4 is 5.32 Å². The van der Waals surface area contributed by atoms with Gasteiger partial charge in [-0.05, 0) is 25.8 Å². The third-order valence-corrected chi connectivity index (χ3v) is 3.67. The fourth-order valence-corrected chi connectivity index (χ4v) is 2.27. The quantitative estimate of drug-likeness (QED) is 0.617. The van der Waals surface area contributed by atoms with Crippen LogP contribution in [0.2, 0.25) is 0 Å². The summed E-state index contributed by atoms with van der Waals surface area (Å²) in [5, 5.41) is 9.43. The molecule has 102 valence electrons. The van der Waals surface area contributed by atoms with Crippen LogP contribution in [0.3, 0.4) is 0 Å². The zero-order valence-corrected chi connectivity index (χ0v) is 10.3. The minimum atomic E-state index is -4.19. The third-order valence-electron chi connectivity index (χ3n) is 2.60. The fraction of sp³-hybridized carbons (Fsp3) is 0.800. The van der Waals surface area contributed by atoms with Crippen molar-refractivity contribution in [2.45, 2.75) is 44.1 Å². The largest absolute Gasteiger partial charge is 0.359 e. The lowest BCUT2D eigenvalue weighted by Crippen LogP contribution is -2.23. The van der Waals surface area contributed by atoms with Gasteiger partial charge in [0.05, 0.1) is 0 Å². The first-order chi connectivity index (χ1) is 8.50. The standard InChI is InChI=1S/C10H13F4N3S/c11-8(12)10(13,14)9-17-16-7(18-9)2-1-5-15-6-3-4-6/h6,8,15H,1-5H2. The molecule has 1 saturated carbocycles. The molecule has 0 bridgehead atoms. The molecule has 1 N–H and O–H groups in total. The molecule has 0 aromatic carbocycles. The summed E-state index contributed by atoms with van der Waals surface area (Å²) in [5.41, 5.74) is 0. The van der Waals surface area contributed by atoms with E-state index in [1.54, 1.807) is 0 Å². The van der Waals surface area contributed by atoms with E-state index in [1.165, 1.54) is 12.8 Å². The Kier molecular flexibility index (Phi) is 4.16. The molecule has 18 heavy (non-hydrogen) atoms. The first-order valence-electron chi connectivity index (χ1n) is 5.72. The number of rotatable bonds is 7. The van der Waals surface area contributed by atoms with E-state index < -0.39 is 17.4 Å². The zero-order chi connectivity index (χ0) is 13.2. The van der Waals surface area contributed by atoms with Crippen molar-refractivity contribution < 1.29 is 17.6 Å². The van der Waals surface area contributed by atoms with Crippen molar-refractivity contribution in [3.8, 4) is 0 Å². The van der Waals surface area contributed by atoms with Crippen LogP contribution >= 0.6 is 11.3 Å². The molecular formula is C10H13F4N3S. The van der Waals surface area contributed by atoms with Gasteiger partial charge in [-0.2, -0.15) is 8.78 Å². The summed E-state index contributed by atoms with van der Waals surface area (Å²) < 4.78 is 50.1. The molecule has 1 aromatic heterocycles. The van der Waals surface area contributed by atoms with Crippen LogP contribution in [-0.2, 0) is 12.3 Å². The second kappa shape index (κ2) is 5.48. The molecule has 1 heterocycles. The summed E-state index contributed by atoms with van der Waals surface area (Å²) in [6.45, 7) is 0.783. The highest BCUT2D eigenvalue weighted by Gasteiger charge is 2.46. The molecule has 1 aliphatic rings. The molecule has 1 aromatic rings. The van der Waals surface area contributed by atoms with Gasteiger partial charge in [0, 0.05) is 12.5 Å². The Balaban J connectivity index is 1.81. The average molecular weight is 283 g/mol. The third kappa shape index (κ3) is 3.38. The van der Waals surface area contributed by atoms with E-state index in [1.807, 2.05) is 0 Å². The first kappa shape index (κ1) is 13.7. The van der Waals surface area contributed by atoms with E-state index in [4.69, 9.17) is 0 Å². The summed E-state index contributed by atoms with van der Waals surface area (Å²) in [6, 6.07) is 0.596. The van der Waals surface area contributed by atoms with Gasteiger partial charge in [-0.1, -0.05) is 11.3 Å². The summed E-state index contributed by atoms with van der Waals surface area (Å²) in [5.74, 6) is -4.19. The van der Waals surface area contributed by atoms with E-state index in [2.05, 4.69) is 15.5 Å². The molecule has 0 unspecified atom stereocenters. The van der Waals surface area contributed by atoms with Crippen molar-refractivity contribution in [3.05, 3.63) is 10.0 Å². The molecule has 0 aliphatic heterocycles. The summed E-state index contributed by atoms with van der Waals surface area (Å²) in [6.07, 6.45) is -0.148. The lowest BCUT2D eigenvalue weighted by atomic mass is 10.3. The van der Waals surface area contributed by atoms with Gasteiger partial charge in [-0.3, -0.25) is 0 Å². The highest BCUT2D eigenvalue weighted by molar-refractivity contribution is 7.11. The lowest BCUT2D eigenvalue weighted by Gasteiger charge is -2.10. The molecule has 0 spiro atoms. The van der Waals surface area contributed by atoms with Gasteiger partial charge in [0.1, 0.15) is 5.01 Å². The Morgan fingerprint density at radius 1 is 1.33 bits per heavy atom. The fourth-order valence-electron chi connectivity index (χ4n) is 1.42. The highest BCUT2D eigenvalue weighted by atomic mass is 32.1. The first-order valence-corrected chi connectivity index (χ1v) is 6.54. The maximum Gasteiger partial charge on any atom is 0.359 e. The van der Waals surface area contributed by atoms with Crippen LogP contribution in [0, 0.1) is 0 Å². The smallest absolute Gasteiger partial charge is 0.314 e. The number of aryl methyl sites for hydroxylation is 1. The predicted octanol–water partition coefficient (Wildman–Crippen LogP) is 2.58. The van der Waals surface area contributed by atoms with E-state index >= 15 is 0 Å². The second-order valence-corrected chi connectivity index (χ2v) is 5.32. The van der Waals surface area contributed by atoms with Crippen LogP contribution in [0.25, 0.3) is 0 Å². The molecule has 0 radical (unpaired) electrons. The van der Waals surface area contributed by atoms with Crippen molar-refractivity contribution >= 4 is 11.3 Å². The van der Waals surface area contributed by atoms with Crippen molar-refractivity contribution in [3.63, 3.8) is 0 Å². The van der Waals surface area contributed by atoms with Crippen LogP contribution in [0.4, 0.5) is 17.6 Å². The molecule has 8 heteroatoms. The normalized spacial score (nSPS) is 16.5. The number of halogens is 4. The zero-order valence-electron chi connectivity index (χ0n) is 9.50. The Labute approximate surface area is 106 Å². The van der Waals surface area contributed by atoms with Gasteiger partial charge in [-0.25, -0.2) is 8.78 Å². The monoisotopic (exact) mass is 283 g/mol. The van der Waals surface area contributed by atoms with Gasteiger partial charge in [-0.15, -0.1) is 10.2 Å². The molecule has 1 aliphatic carbocycles. The molecular weight excluding hydrogens is 270 g/mol. The summed E-state index contributed by atoms with van der Waals surface area (Å²) in [4.78, 5) is 0. The van der Waals surface area contributed by atoms with Gasteiger partial charge in [0.15, 0.2) is 5.01 Å².